The first-order valence-corrected chi connectivity index (χ1v) is 10.3. The van der Waals surface area contributed by atoms with Gasteiger partial charge < -0.3 is 24.2 Å². The first-order chi connectivity index (χ1) is 15.1. The van der Waals surface area contributed by atoms with Gasteiger partial charge in [-0.25, -0.2) is 0 Å². The fourth-order valence-electron chi connectivity index (χ4n) is 4.72. The van der Waals surface area contributed by atoms with Gasteiger partial charge in [-0.1, -0.05) is 6.07 Å². The normalized spacial score (nSPS) is 16.8. The van der Waals surface area contributed by atoms with E-state index in [0.717, 1.165) is 28.6 Å². The van der Waals surface area contributed by atoms with Gasteiger partial charge in [-0.2, -0.15) is 5.06 Å². The molecule has 33 heavy (non-hydrogen) atoms. The molecule has 0 fully saturated rings. The van der Waals surface area contributed by atoms with Crippen molar-refractivity contribution in [1.82, 2.24) is 5.06 Å². The summed E-state index contributed by atoms with van der Waals surface area (Å²) in [5.41, 5.74) is 2.31. The molecule has 1 heterocycles. The van der Waals surface area contributed by atoms with Crippen molar-refractivity contribution in [2.75, 3.05) is 28.4 Å². The largest absolute Gasteiger partial charge is 0.496 e. The third-order valence-electron chi connectivity index (χ3n) is 6.13. The van der Waals surface area contributed by atoms with E-state index in [-0.39, 0.29) is 12.4 Å². The van der Waals surface area contributed by atoms with Crippen molar-refractivity contribution < 1.29 is 28.9 Å². The van der Waals surface area contributed by atoms with E-state index in [1.165, 1.54) is 12.2 Å². The molecule has 0 saturated carbocycles. The highest BCUT2D eigenvalue weighted by Gasteiger charge is 2.51. The molecule has 1 aliphatic heterocycles. The van der Waals surface area contributed by atoms with E-state index in [1.54, 1.807) is 33.5 Å². The molecule has 8 heteroatoms. The molecule has 7 nitrogen and oxygen atoms in total. The molecule has 0 saturated heterocycles. The zero-order chi connectivity index (χ0) is 23.8. The lowest BCUT2D eigenvalue weighted by molar-refractivity contribution is -0.178. The number of nitrogens with zero attached hydrogens (tertiary/aromatic N) is 1. The number of ether oxygens (including phenoxy) is 4. The third kappa shape index (κ3) is 4.16. The van der Waals surface area contributed by atoms with E-state index in [1.807, 2.05) is 45.9 Å². The molecular formula is C25H32ClNO6. The topological polar surface area (TPSA) is 77.5 Å². The fourth-order valence-corrected chi connectivity index (χ4v) is 4.72. The maximum atomic E-state index is 11.7. The summed E-state index contributed by atoms with van der Waals surface area (Å²) < 4.78 is 21.9. The van der Waals surface area contributed by atoms with Crippen LogP contribution >= 0.6 is 12.4 Å². The van der Waals surface area contributed by atoms with Gasteiger partial charge in [0.05, 0.1) is 45.1 Å². The molecule has 0 aromatic heterocycles. The summed E-state index contributed by atoms with van der Waals surface area (Å²) in [5.74, 6) is 2.02. The third-order valence-corrected chi connectivity index (χ3v) is 6.13. The Kier molecular flexibility index (Phi) is 7.74. The van der Waals surface area contributed by atoms with E-state index in [4.69, 9.17) is 18.9 Å². The lowest BCUT2D eigenvalue weighted by Crippen LogP contribution is -2.48. The first kappa shape index (κ1) is 26.5. The Balaban J connectivity index is 0.00000385. The maximum Gasteiger partial charge on any atom is 0.203 e. The Morgan fingerprint density at radius 1 is 0.758 bits per heavy atom. The number of hydroxylamine groups is 2. The second-order valence-electron chi connectivity index (χ2n) is 8.67. The molecule has 180 valence electrons. The van der Waals surface area contributed by atoms with Crippen molar-refractivity contribution in [2.45, 2.75) is 38.8 Å². The van der Waals surface area contributed by atoms with Crippen LogP contribution in [0.25, 0.3) is 11.1 Å². The number of methoxy groups -OCH3 is 4. The van der Waals surface area contributed by atoms with E-state index < -0.39 is 11.1 Å². The number of carbonyl (C=O) groups excluding carboxylic acids is 1. The van der Waals surface area contributed by atoms with Crippen LogP contribution in [0.2, 0.25) is 0 Å². The van der Waals surface area contributed by atoms with Crippen LogP contribution in [0.5, 0.6) is 23.0 Å². The minimum absolute atomic E-state index is 0. The molecule has 3 rings (SSSR count). The van der Waals surface area contributed by atoms with Crippen LogP contribution in [0, 0.1) is 0 Å². The molecule has 0 atom stereocenters. The number of carbonyl (C=O) groups is 1. The quantitative estimate of drug-likeness (QED) is 0.554. The van der Waals surface area contributed by atoms with E-state index in [9.17, 15) is 10.0 Å². The minimum Gasteiger partial charge on any atom is -0.496 e. The van der Waals surface area contributed by atoms with Crippen LogP contribution in [-0.2, 0) is 0 Å². The Bertz CT molecular complexity index is 1050. The highest BCUT2D eigenvalue weighted by Crippen LogP contribution is 2.54. The SMILES string of the molecule is COc1ccc(C2=C(c3cc(OC)c(OC)c(OC)c3)C(C)(C)N(O)C2(C)C)cc1C=O.Cl. The second-order valence-corrected chi connectivity index (χ2v) is 8.67. The van der Waals surface area contributed by atoms with Crippen LogP contribution < -0.4 is 18.9 Å². The van der Waals surface area contributed by atoms with Crippen LogP contribution in [-0.4, -0.2) is 56.1 Å². The molecule has 0 bridgehead atoms. The van der Waals surface area contributed by atoms with Crippen molar-refractivity contribution in [2.24, 2.45) is 0 Å². The van der Waals surface area contributed by atoms with Crippen LogP contribution in [0.4, 0.5) is 0 Å². The van der Waals surface area contributed by atoms with Gasteiger partial charge in [0.2, 0.25) is 5.75 Å². The second kappa shape index (κ2) is 9.63. The van der Waals surface area contributed by atoms with Crippen LogP contribution in [0.1, 0.15) is 49.2 Å². The number of halogens is 1. The standard InChI is InChI=1S/C25H31NO6.ClH/c1-24(2)21(15-9-10-18(29-5)17(11-15)14-27)22(25(3,4)26(24)28)16-12-19(30-6)23(32-8)20(13-16)31-7;/h9-14,28H,1-8H3;1H. The average molecular weight is 478 g/mol. The summed E-state index contributed by atoms with van der Waals surface area (Å²) in [5, 5.41) is 12.6. The fraction of sp³-hybridized carbons (Fsp3) is 0.400. The summed E-state index contributed by atoms with van der Waals surface area (Å²) in [7, 11) is 6.22. The molecule has 1 N–H and O–H groups in total. The van der Waals surface area contributed by atoms with Gasteiger partial charge in [-0.15, -0.1) is 12.4 Å². The summed E-state index contributed by atoms with van der Waals surface area (Å²) in [6.45, 7) is 7.79. The number of benzene rings is 2. The van der Waals surface area contributed by atoms with Gasteiger partial charge in [0, 0.05) is 0 Å². The summed E-state index contributed by atoms with van der Waals surface area (Å²) in [4.78, 5) is 11.7. The highest BCUT2D eigenvalue weighted by atomic mass is 35.5. The van der Waals surface area contributed by atoms with Crippen LogP contribution in [0.15, 0.2) is 30.3 Å². The summed E-state index contributed by atoms with van der Waals surface area (Å²) in [6.07, 6.45) is 0.770. The number of hydrogen-bond donors (Lipinski definition) is 1. The lowest BCUT2D eigenvalue weighted by atomic mass is 9.82. The summed E-state index contributed by atoms with van der Waals surface area (Å²) in [6, 6.07) is 9.20. The van der Waals surface area contributed by atoms with Crippen molar-refractivity contribution in [1.29, 1.82) is 0 Å². The number of rotatable bonds is 7. The Morgan fingerprint density at radius 3 is 1.67 bits per heavy atom. The Hall–Kier alpha value is -2.74. The molecule has 0 spiro atoms. The first-order valence-electron chi connectivity index (χ1n) is 10.3. The van der Waals surface area contributed by atoms with Crippen molar-refractivity contribution in [3.63, 3.8) is 0 Å². The zero-order valence-electron chi connectivity index (χ0n) is 20.3. The maximum absolute atomic E-state index is 11.7. The predicted octanol–water partition coefficient (Wildman–Crippen LogP) is 5.13. The van der Waals surface area contributed by atoms with Crippen molar-refractivity contribution in [3.8, 4) is 23.0 Å². The Labute approximate surface area is 201 Å². The lowest BCUT2D eigenvalue weighted by Gasteiger charge is -2.37. The van der Waals surface area contributed by atoms with Crippen molar-refractivity contribution >= 4 is 29.8 Å². The van der Waals surface area contributed by atoms with E-state index in [0.29, 0.717) is 28.6 Å². The zero-order valence-corrected chi connectivity index (χ0v) is 21.1. The number of hydrogen-bond acceptors (Lipinski definition) is 7. The molecule has 0 amide bonds. The molecule has 0 unspecified atom stereocenters. The predicted molar refractivity (Wildman–Crippen MR) is 130 cm³/mol. The monoisotopic (exact) mass is 477 g/mol. The highest BCUT2D eigenvalue weighted by molar-refractivity contribution is 6.02. The van der Waals surface area contributed by atoms with E-state index in [2.05, 4.69) is 0 Å². The molecule has 2 aromatic rings. The van der Waals surface area contributed by atoms with Gasteiger partial charge in [0.1, 0.15) is 5.75 Å². The van der Waals surface area contributed by atoms with Gasteiger partial charge in [-0.3, -0.25) is 4.79 Å². The minimum atomic E-state index is -0.759. The molecule has 0 radical (unpaired) electrons. The molecular weight excluding hydrogens is 446 g/mol. The van der Waals surface area contributed by atoms with Gasteiger partial charge in [0.25, 0.3) is 0 Å². The smallest absolute Gasteiger partial charge is 0.203 e. The molecule has 0 aliphatic carbocycles. The molecule has 2 aromatic carbocycles. The van der Waals surface area contributed by atoms with Gasteiger partial charge in [-0.05, 0) is 74.2 Å². The average Bonchev–Trinajstić information content (AvgIpc) is 2.93. The number of aldehydes is 1. The Morgan fingerprint density at radius 2 is 1.24 bits per heavy atom. The van der Waals surface area contributed by atoms with Crippen LogP contribution in [0.3, 0.4) is 0 Å². The summed E-state index contributed by atoms with van der Waals surface area (Å²) >= 11 is 0. The van der Waals surface area contributed by atoms with E-state index >= 15 is 0 Å². The molecule has 1 aliphatic rings. The van der Waals surface area contributed by atoms with Gasteiger partial charge >= 0.3 is 0 Å². The van der Waals surface area contributed by atoms with Gasteiger partial charge in [0.15, 0.2) is 17.8 Å². The van der Waals surface area contributed by atoms with Crippen molar-refractivity contribution in [3.05, 3.63) is 47.0 Å².